The second kappa shape index (κ2) is 7.90. The van der Waals surface area contributed by atoms with Crippen molar-refractivity contribution in [2.24, 2.45) is 0 Å². The second-order valence-corrected chi connectivity index (χ2v) is 7.66. The minimum Gasteiger partial charge on any atom is -0.496 e. The Kier molecular flexibility index (Phi) is 4.90. The first-order valence-corrected chi connectivity index (χ1v) is 10.4. The number of hydrogen-bond acceptors (Lipinski definition) is 5. The summed E-state index contributed by atoms with van der Waals surface area (Å²) in [6, 6.07) is 16.5. The number of nitrogens with zero attached hydrogens (tertiary/aromatic N) is 5. The van der Waals surface area contributed by atoms with Crippen molar-refractivity contribution in [3.8, 4) is 33.8 Å². The first-order chi connectivity index (χ1) is 16.0. The van der Waals surface area contributed by atoms with Crippen molar-refractivity contribution in [2.45, 2.75) is 13.8 Å². The van der Waals surface area contributed by atoms with Gasteiger partial charge in [-0.1, -0.05) is 18.2 Å². The van der Waals surface area contributed by atoms with E-state index in [4.69, 9.17) is 14.8 Å². The summed E-state index contributed by atoms with van der Waals surface area (Å²) in [4.78, 5) is 16.6. The predicted molar refractivity (Wildman–Crippen MR) is 124 cm³/mol. The van der Waals surface area contributed by atoms with Crippen molar-refractivity contribution in [2.75, 3.05) is 7.11 Å². The molecule has 0 radical (unpaired) electrons. The van der Waals surface area contributed by atoms with Crippen LogP contribution in [0.25, 0.3) is 33.7 Å². The van der Waals surface area contributed by atoms with Crippen LogP contribution in [0.1, 0.15) is 21.7 Å². The number of aromatic nitrogens is 5. The molecule has 0 saturated heterocycles. The van der Waals surface area contributed by atoms with Crippen molar-refractivity contribution < 1.29 is 14.6 Å². The lowest BCUT2D eigenvalue weighted by atomic mass is 10.0. The third kappa shape index (κ3) is 3.41. The lowest BCUT2D eigenvalue weighted by molar-refractivity contribution is 0.0697. The zero-order valence-corrected chi connectivity index (χ0v) is 18.4. The van der Waals surface area contributed by atoms with Crippen LogP contribution in [0.3, 0.4) is 0 Å². The number of benzene rings is 2. The van der Waals surface area contributed by atoms with E-state index in [0.29, 0.717) is 22.7 Å². The van der Waals surface area contributed by atoms with E-state index in [1.54, 1.807) is 40.7 Å². The van der Waals surface area contributed by atoms with Gasteiger partial charge >= 0.3 is 5.97 Å². The number of aromatic carboxylic acids is 1. The molecule has 33 heavy (non-hydrogen) atoms. The summed E-state index contributed by atoms with van der Waals surface area (Å²) in [5.41, 5.74) is 6.14. The van der Waals surface area contributed by atoms with Gasteiger partial charge in [0, 0.05) is 35.3 Å². The highest BCUT2D eigenvalue weighted by molar-refractivity contribution is 5.96. The predicted octanol–water partition coefficient (Wildman–Crippen LogP) is 4.57. The van der Waals surface area contributed by atoms with Crippen molar-refractivity contribution in [1.29, 1.82) is 0 Å². The van der Waals surface area contributed by atoms with Crippen molar-refractivity contribution >= 4 is 11.6 Å². The number of aryl methyl sites for hydroxylation is 2. The van der Waals surface area contributed by atoms with E-state index >= 15 is 0 Å². The van der Waals surface area contributed by atoms with Gasteiger partial charge in [-0.05, 0) is 44.2 Å². The van der Waals surface area contributed by atoms with Gasteiger partial charge in [-0.3, -0.25) is 0 Å². The Hall–Kier alpha value is -4.46. The summed E-state index contributed by atoms with van der Waals surface area (Å²) < 4.78 is 9.19. The van der Waals surface area contributed by atoms with Crippen molar-refractivity contribution in [3.05, 3.63) is 83.9 Å². The molecule has 5 rings (SSSR count). The Morgan fingerprint density at radius 3 is 2.58 bits per heavy atom. The normalized spacial score (nSPS) is 11.1. The number of methoxy groups -OCH3 is 1. The number of carbonyl (C=O) groups is 1. The van der Waals surface area contributed by atoms with Crippen LogP contribution in [0.15, 0.2) is 67.0 Å². The molecule has 0 aliphatic rings. The molecular weight excluding hydrogens is 418 g/mol. The molecule has 164 valence electrons. The molecule has 0 unspecified atom stereocenters. The molecular formula is C25H21N5O3. The minimum atomic E-state index is -0.992. The van der Waals surface area contributed by atoms with Gasteiger partial charge in [0.15, 0.2) is 5.65 Å². The molecule has 0 bridgehead atoms. The molecule has 2 aromatic carbocycles. The van der Waals surface area contributed by atoms with E-state index in [0.717, 1.165) is 28.2 Å². The minimum absolute atomic E-state index is 0.209. The molecule has 0 atom stereocenters. The highest BCUT2D eigenvalue weighted by Crippen LogP contribution is 2.37. The maximum atomic E-state index is 11.9. The zero-order chi connectivity index (χ0) is 23.1. The van der Waals surface area contributed by atoms with Gasteiger partial charge < -0.3 is 9.84 Å². The summed E-state index contributed by atoms with van der Waals surface area (Å²) in [6.07, 6.45) is 3.59. The molecule has 1 N–H and O–H groups in total. The molecule has 3 aromatic heterocycles. The number of carboxylic acids is 1. The average Bonchev–Trinajstić information content (AvgIpc) is 3.46. The van der Waals surface area contributed by atoms with Gasteiger partial charge in [0.25, 0.3) is 0 Å². The lowest BCUT2D eigenvalue weighted by Crippen LogP contribution is -2.04. The van der Waals surface area contributed by atoms with Crippen LogP contribution in [0, 0.1) is 13.8 Å². The van der Waals surface area contributed by atoms with Crippen LogP contribution in [-0.2, 0) is 0 Å². The third-order valence-corrected chi connectivity index (χ3v) is 5.55. The van der Waals surface area contributed by atoms with Gasteiger partial charge in [-0.2, -0.15) is 10.2 Å². The monoisotopic (exact) mass is 439 g/mol. The van der Waals surface area contributed by atoms with Crippen LogP contribution in [0.4, 0.5) is 0 Å². The van der Waals surface area contributed by atoms with E-state index in [9.17, 15) is 9.90 Å². The zero-order valence-electron chi connectivity index (χ0n) is 18.4. The molecule has 0 amide bonds. The fourth-order valence-corrected chi connectivity index (χ4v) is 4.10. The lowest BCUT2D eigenvalue weighted by Gasteiger charge is -2.12. The quantitative estimate of drug-likeness (QED) is 0.431. The van der Waals surface area contributed by atoms with Crippen molar-refractivity contribution in [1.82, 2.24) is 24.4 Å². The van der Waals surface area contributed by atoms with E-state index in [1.807, 2.05) is 56.4 Å². The van der Waals surface area contributed by atoms with Crippen LogP contribution < -0.4 is 4.74 Å². The summed E-state index contributed by atoms with van der Waals surface area (Å²) in [5, 5.41) is 18.7. The fraction of sp³-hybridized carbons (Fsp3) is 0.120. The summed E-state index contributed by atoms with van der Waals surface area (Å²) >= 11 is 0. The molecule has 0 aliphatic carbocycles. The maximum Gasteiger partial charge on any atom is 0.336 e. The Morgan fingerprint density at radius 2 is 1.85 bits per heavy atom. The summed E-state index contributed by atoms with van der Waals surface area (Å²) in [7, 11) is 1.62. The first-order valence-electron chi connectivity index (χ1n) is 10.4. The summed E-state index contributed by atoms with van der Waals surface area (Å²) in [6.45, 7) is 3.80. The van der Waals surface area contributed by atoms with Gasteiger partial charge in [-0.25, -0.2) is 19.0 Å². The van der Waals surface area contributed by atoms with Crippen LogP contribution >= 0.6 is 0 Å². The van der Waals surface area contributed by atoms with Gasteiger partial charge in [-0.15, -0.1) is 0 Å². The van der Waals surface area contributed by atoms with E-state index < -0.39 is 5.97 Å². The van der Waals surface area contributed by atoms with Gasteiger partial charge in [0.1, 0.15) is 5.75 Å². The van der Waals surface area contributed by atoms with E-state index in [1.165, 1.54) is 0 Å². The molecule has 8 heteroatoms. The van der Waals surface area contributed by atoms with Crippen molar-refractivity contribution in [3.63, 3.8) is 0 Å². The molecule has 0 spiro atoms. The Morgan fingerprint density at radius 1 is 1.03 bits per heavy atom. The number of rotatable bonds is 5. The SMILES string of the molecule is COc1cc(-n2cccn2)ccc1-c1c(C)nn2c(-c3ccccc3C(=O)O)cc(C)nc12. The molecule has 5 aromatic rings. The van der Waals surface area contributed by atoms with Gasteiger partial charge in [0.2, 0.25) is 0 Å². The molecule has 0 aliphatic heterocycles. The van der Waals surface area contributed by atoms with Crippen LogP contribution in [0.2, 0.25) is 0 Å². The smallest absolute Gasteiger partial charge is 0.336 e. The molecule has 8 nitrogen and oxygen atoms in total. The Balaban J connectivity index is 1.76. The largest absolute Gasteiger partial charge is 0.496 e. The molecule has 0 fully saturated rings. The number of carboxylic acid groups (broad SMARTS) is 1. The highest BCUT2D eigenvalue weighted by atomic mass is 16.5. The van der Waals surface area contributed by atoms with E-state index in [-0.39, 0.29) is 5.56 Å². The molecule has 0 saturated carbocycles. The topological polar surface area (TPSA) is 94.5 Å². The van der Waals surface area contributed by atoms with Crippen LogP contribution in [-0.4, -0.2) is 42.6 Å². The Bertz CT molecular complexity index is 1500. The second-order valence-electron chi connectivity index (χ2n) is 7.66. The standard InChI is InChI=1S/C25H21N5O3/c1-15-13-21(18-7-4-5-8-19(18)25(31)32)30-24(27-15)23(16(2)28-30)20-10-9-17(14-22(20)33-3)29-12-6-11-26-29/h4-14H,1-3H3,(H,31,32). The van der Waals surface area contributed by atoms with E-state index in [2.05, 4.69) is 5.10 Å². The maximum absolute atomic E-state index is 11.9. The van der Waals surface area contributed by atoms with Crippen LogP contribution in [0.5, 0.6) is 5.75 Å². The Labute approximate surface area is 189 Å². The number of hydrogen-bond donors (Lipinski definition) is 1. The summed E-state index contributed by atoms with van der Waals surface area (Å²) in [5.74, 6) is -0.329. The molecule has 3 heterocycles. The average molecular weight is 439 g/mol. The highest BCUT2D eigenvalue weighted by Gasteiger charge is 2.22. The number of fused-ring (bicyclic) bond motifs is 1. The first kappa shape index (κ1) is 20.4. The van der Waals surface area contributed by atoms with Gasteiger partial charge in [0.05, 0.1) is 35.3 Å². The third-order valence-electron chi connectivity index (χ3n) is 5.55. The number of ether oxygens (including phenoxy) is 1. The fourth-order valence-electron chi connectivity index (χ4n) is 4.10.